The molecule has 0 radical (unpaired) electrons. The van der Waals surface area contributed by atoms with E-state index in [1.54, 1.807) is 0 Å². The highest BCUT2D eigenvalue weighted by Crippen LogP contribution is 2.45. The molecule has 2 unspecified atom stereocenters. The van der Waals surface area contributed by atoms with Crippen LogP contribution in [-0.2, 0) is 0 Å². The number of hydrogen-bond acceptors (Lipinski definition) is 12. The second kappa shape index (κ2) is 19.3. The van der Waals surface area contributed by atoms with Crippen LogP contribution in [0.1, 0.15) is 224 Å². The first-order valence-electron chi connectivity index (χ1n) is 25.6. The number of rotatable bonds is 15. The Balaban J connectivity index is 1.21. The van der Waals surface area contributed by atoms with Crippen molar-refractivity contribution in [2.24, 2.45) is 11.8 Å². The van der Waals surface area contributed by atoms with Crippen LogP contribution in [0.5, 0.6) is 0 Å². The number of anilines is 2. The van der Waals surface area contributed by atoms with Crippen LogP contribution in [0.4, 0.5) is 11.9 Å². The Morgan fingerprint density at radius 2 is 0.667 bits per heavy atom. The van der Waals surface area contributed by atoms with Gasteiger partial charge < -0.3 is 31.1 Å². The number of hydrogen-bond donors (Lipinski definition) is 4. The van der Waals surface area contributed by atoms with Gasteiger partial charge in [-0.25, -0.2) is 9.97 Å². The summed E-state index contributed by atoms with van der Waals surface area (Å²) in [7, 11) is 4.28. The van der Waals surface area contributed by atoms with Gasteiger partial charge in [0.1, 0.15) is 11.6 Å². The normalized spacial score (nSPS) is 25.8. The fourth-order valence-electron chi connectivity index (χ4n) is 14.4. The highest BCUT2D eigenvalue weighted by Gasteiger charge is 2.45. The van der Waals surface area contributed by atoms with Crippen molar-refractivity contribution in [2.75, 3.05) is 23.9 Å². The van der Waals surface area contributed by atoms with Crippen LogP contribution >= 0.6 is 23.2 Å². The average Bonchev–Trinajstić information content (AvgIpc) is 3.09. The quantitative estimate of drug-likeness (QED) is 0.127. The third-order valence-electron chi connectivity index (χ3n) is 15.3. The Morgan fingerprint density at radius 1 is 0.409 bits per heavy atom. The number of nitrogens with one attached hydrogen (secondary N) is 4. The maximum atomic E-state index is 6.88. The molecular formula is C52H92Cl2N12. The van der Waals surface area contributed by atoms with Crippen molar-refractivity contribution in [2.45, 2.75) is 269 Å². The molecule has 4 aliphatic rings. The molecule has 2 aromatic rings. The van der Waals surface area contributed by atoms with E-state index < -0.39 is 0 Å². The minimum atomic E-state index is -0.00640. The number of piperidine rings is 4. The molecule has 6 heterocycles. The summed E-state index contributed by atoms with van der Waals surface area (Å²) >= 11 is 13.8. The minimum absolute atomic E-state index is 0.00405. The summed E-state index contributed by atoms with van der Waals surface area (Å²) in [5.41, 5.74) is -0.0418. The van der Waals surface area contributed by atoms with Gasteiger partial charge in [-0.05, 0) is 210 Å². The lowest BCUT2D eigenvalue weighted by Gasteiger charge is -2.49. The van der Waals surface area contributed by atoms with E-state index in [1.165, 1.54) is 0 Å². The Labute approximate surface area is 411 Å². The van der Waals surface area contributed by atoms with Gasteiger partial charge in [0.15, 0.2) is 0 Å². The zero-order chi connectivity index (χ0) is 49.1. The fourth-order valence-corrected chi connectivity index (χ4v) is 14.7. The predicted octanol–water partition coefficient (Wildman–Crippen LogP) is 11.2. The van der Waals surface area contributed by atoms with E-state index in [9.17, 15) is 0 Å². The van der Waals surface area contributed by atoms with E-state index in [-0.39, 0.29) is 68.2 Å². The van der Waals surface area contributed by atoms with Gasteiger partial charge in [0.25, 0.3) is 0 Å². The Morgan fingerprint density at radius 3 is 0.939 bits per heavy atom. The van der Waals surface area contributed by atoms with E-state index in [1.807, 2.05) is 0 Å². The fraction of sp³-hybridized carbons (Fsp3) is 0.885. The van der Waals surface area contributed by atoms with Gasteiger partial charge in [0.05, 0.1) is 0 Å². The topological polar surface area (TPSA) is 132 Å². The van der Waals surface area contributed by atoms with E-state index in [0.29, 0.717) is 34.3 Å². The molecule has 374 valence electrons. The highest BCUT2D eigenvalue weighted by molar-refractivity contribution is 6.28. The molecule has 4 fully saturated rings. The van der Waals surface area contributed by atoms with Gasteiger partial charge >= 0.3 is 0 Å². The largest absolute Gasteiger partial charge is 0.341 e. The molecule has 0 bridgehead atoms. The zero-order valence-corrected chi connectivity index (χ0v) is 46.2. The molecule has 14 heteroatoms. The second-order valence-corrected chi connectivity index (χ2v) is 27.7. The first-order valence-corrected chi connectivity index (χ1v) is 26.3. The van der Waals surface area contributed by atoms with E-state index >= 15 is 0 Å². The van der Waals surface area contributed by atoms with E-state index in [0.717, 1.165) is 102 Å². The molecule has 0 aliphatic carbocycles. The summed E-state index contributed by atoms with van der Waals surface area (Å²) in [6, 6.07) is 0.554. The van der Waals surface area contributed by atoms with Gasteiger partial charge in [-0.15, -0.1) is 0 Å². The first-order chi connectivity index (χ1) is 30.1. The van der Waals surface area contributed by atoms with Crippen molar-refractivity contribution in [3.63, 3.8) is 0 Å². The Hall–Kier alpha value is -1.96. The third-order valence-corrected chi connectivity index (χ3v) is 15.7. The van der Waals surface area contributed by atoms with E-state index in [4.69, 9.17) is 53.1 Å². The molecule has 4 aliphatic heterocycles. The summed E-state index contributed by atoms with van der Waals surface area (Å²) in [6.07, 6.45) is 14.6. The van der Waals surface area contributed by atoms with Crippen molar-refractivity contribution in [1.82, 2.24) is 51.2 Å². The van der Waals surface area contributed by atoms with Gasteiger partial charge in [-0.1, -0.05) is 25.7 Å². The van der Waals surface area contributed by atoms with E-state index in [2.05, 4.69) is 156 Å². The predicted molar refractivity (Wildman–Crippen MR) is 276 cm³/mol. The lowest BCUT2D eigenvalue weighted by atomic mass is 9.69. The molecule has 2 atom stereocenters. The highest BCUT2D eigenvalue weighted by atomic mass is 35.5. The van der Waals surface area contributed by atoms with Crippen LogP contribution in [0, 0.1) is 11.8 Å². The summed E-state index contributed by atoms with van der Waals surface area (Å²) in [5, 5.41) is 16.1. The molecule has 4 saturated heterocycles. The summed E-state index contributed by atoms with van der Waals surface area (Å²) in [5.74, 6) is 4.23. The molecule has 0 amide bonds. The summed E-state index contributed by atoms with van der Waals surface area (Å²) < 4.78 is 0. The van der Waals surface area contributed by atoms with Crippen LogP contribution in [0.15, 0.2) is 0 Å². The van der Waals surface area contributed by atoms with Crippen LogP contribution in [0.25, 0.3) is 0 Å². The van der Waals surface area contributed by atoms with Gasteiger partial charge in [-0.3, -0.25) is 0 Å². The molecule has 0 spiro atoms. The lowest BCUT2D eigenvalue weighted by molar-refractivity contribution is 0.106. The number of halogens is 2. The first kappa shape index (κ1) is 53.4. The maximum Gasteiger partial charge on any atom is 0.229 e. The van der Waals surface area contributed by atoms with Crippen LogP contribution in [-0.4, -0.2) is 100 Å². The molecule has 6 rings (SSSR count). The molecule has 66 heavy (non-hydrogen) atoms. The smallest absolute Gasteiger partial charge is 0.229 e. The third kappa shape index (κ3) is 14.3. The van der Waals surface area contributed by atoms with Crippen molar-refractivity contribution in [3.8, 4) is 0 Å². The standard InChI is InChI=1S/C52H92Cl2N12/c1-45(2)25-33(26-46(3,4)61-45)37(39-55-41(53)59-43(57-39)65(17)35-29-49(9,10)63-50(11,12)30-35)23-21-19-20-22-24-38(34-27-47(5,6)62-48(7,8)28-34)40-56-42(54)60-44(58-40)66(18)36-31-51(13,14)64-52(15,16)32-36/h33-38,61-64H,19-32H2,1-18H3. The Bertz CT molecular complexity index is 1770. The number of unbranched alkanes of at least 4 members (excludes halogenated alkanes) is 3. The Kier molecular flexibility index (Phi) is 15.6. The van der Waals surface area contributed by atoms with Gasteiger partial charge in [-0.2, -0.15) is 19.9 Å². The minimum Gasteiger partial charge on any atom is -0.341 e. The molecule has 12 nitrogen and oxygen atoms in total. The van der Waals surface area contributed by atoms with Crippen molar-refractivity contribution in [1.29, 1.82) is 0 Å². The summed E-state index contributed by atoms with van der Waals surface area (Å²) in [6.45, 7) is 37.1. The van der Waals surface area contributed by atoms with Crippen molar-refractivity contribution in [3.05, 3.63) is 22.2 Å². The van der Waals surface area contributed by atoms with Crippen molar-refractivity contribution < 1.29 is 0 Å². The van der Waals surface area contributed by atoms with Gasteiger partial charge in [0, 0.05) is 82.3 Å². The molecule has 4 N–H and O–H groups in total. The maximum absolute atomic E-state index is 6.88. The van der Waals surface area contributed by atoms with Crippen LogP contribution < -0.4 is 31.1 Å². The average molecular weight is 956 g/mol. The molecule has 2 aromatic heterocycles. The second-order valence-electron chi connectivity index (χ2n) is 27.0. The van der Waals surface area contributed by atoms with Crippen molar-refractivity contribution >= 4 is 35.1 Å². The lowest BCUT2D eigenvalue weighted by Crippen LogP contribution is -2.62. The monoisotopic (exact) mass is 955 g/mol. The van der Waals surface area contributed by atoms with Crippen LogP contribution in [0.3, 0.4) is 0 Å². The molecule has 0 aromatic carbocycles. The van der Waals surface area contributed by atoms with Crippen LogP contribution in [0.2, 0.25) is 10.6 Å². The zero-order valence-electron chi connectivity index (χ0n) is 44.7. The summed E-state index contributed by atoms with van der Waals surface area (Å²) in [4.78, 5) is 34.6. The number of nitrogens with zero attached hydrogens (tertiary/aromatic N) is 8. The molecular weight excluding hydrogens is 864 g/mol. The SMILES string of the molecule is CN(c1nc(Cl)nc(C(CCCCCCC(c2nc(Cl)nc(N(C)C3CC(C)(C)NC(C)(C)C3)n2)C2CC(C)(C)NC(C)(C)C2)C2CC(C)(C)NC(C)(C)C2)n1)C1CC(C)(C)NC(C)(C)C1. The molecule has 0 saturated carbocycles. The number of aromatic nitrogens is 6. The van der Waals surface area contributed by atoms with Gasteiger partial charge in [0.2, 0.25) is 22.5 Å².